The normalized spacial score (nSPS) is 14.1. The van der Waals surface area contributed by atoms with Crippen molar-refractivity contribution in [3.63, 3.8) is 0 Å². The molecule has 1 heteroatoms. The summed E-state index contributed by atoms with van der Waals surface area (Å²) < 4.78 is 0. The molecule has 0 radical (unpaired) electrons. The van der Waals surface area contributed by atoms with Gasteiger partial charge in [0, 0.05) is 22.4 Å². The lowest BCUT2D eigenvalue weighted by Crippen LogP contribution is -2.22. The van der Waals surface area contributed by atoms with Crippen LogP contribution in [0, 0.1) is 0 Å². The second-order valence-corrected chi connectivity index (χ2v) is 18.1. The van der Waals surface area contributed by atoms with E-state index in [0.29, 0.717) is 0 Å². The molecule has 67 heavy (non-hydrogen) atoms. The molecular weight excluding hydrogens is 807 g/mol. The molecule has 11 aromatic carbocycles. The summed E-state index contributed by atoms with van der Waals surface area (Å²) in [4.78, 5) is 2.49. The van der Waals surface area contributed by atoms with Crippen LogP contribution in [0.15, 0.2) is 255 Å². The third kappa shape index (κ3) is 6.23. The molecule has 0 saturated heterocycles. The van der Waals surface area contributed by atoms with E-state index in [4.69, 9.17) is 0 Å². The average Bonchev–Trinajstić information content (AvgIpc) is 3.88. The zero-order valence-corrected chi connectivity index (χ0v) is 37.2. The highest BCUT2D eigenvalue weighted by molar-refractivity contribution is 6.18. The van der Waals surface area contributed by atoms with Gasteiger partial charge in [-0.2, -0.15) is 0 Å². The maximum atomic E-state index is 2.49. The van der Waals surface area contributed by atoms with Crippen molar-refractivity contribution in [3.8, 4) is 77.9 Å². The SMILES string of the molecule is CC1(c2ccccc2)c2ccccc2-c2c(N(c3ccc(-c4ccc5c6c(cccc46)-c4ccccc4-5)cc3)c3cccc(-c4cc(-c5ccccc5)cc(-c5ccccc5)c4)c3)cccc21. The Hall–Kier alpha value is -8.52. The molecular formula is C66H45N. The summed E-state index contributed by atoms with van der Waals surface area (Å²) >= 11 is 0. The van der Waals surface area contributed by atoms with E-state index in [2.05, 4.69) is 267 Å². The van der Waals surface area contributed by atoms with Crippen LogP contribution in [0.5, 0.6) is 0 Å². The van der Waals surface area contributed by atoms with Crippen LogP contribution < -0.4 is 4.90 Å². The predicted octanol–water partition coefficient (Wildman–Crippen LogP) is 18.0. The number of benzene rings is 11. The van der Waals surface area contributed by atoms with Crippen molar-refractivity contribution in [2.24, 2.45) is 0 Å². The molecule has 0 spiro atoms. The predicted molar refractivity (Wildman–Crippen MR) is 282 cm³/mol. The van der Waals surface area contributed by atoms with Gasteiger partial charge in [0.1, 0.15) is 0 Å². The van der Waals surface area contributed by atoms with Gasteiger partial charge in [0.25, 0.3) is 0 Å². The van der Waals surface area contributed by atoms with Crippen LogP contribution in [-0.4, -0.2) is 0 Å². The Morgan fingerprint density at radius 2 is 0.806 bits per heavy atom. The molecule has 0 N–H and O–H groups in total. The van der Waals surface area contributed by atoms with E-state index in [1.54, 1.807) is 0 Å². The zero-order valence-electron chi connectivity index (χ0n) is 37.2. The molecule has 0 amide bonds. The van der Waals surface area contributed by atoms with Crippen molar-refractivity contribution in [1.29, 1.82) is 0 Å². The molecule has 1 nitrogen and oxygen atoms in total. The Morgan fingerprint density at radius 1 is 0.299 bits per heavy atom. The first kappa shape index (κ1) is 38.9. The summed E-state index contributed by atoms with van der Waals surface area (Å²) in [5.74, 6) is 0. The number of rotatable bonds is 8. The molecule has 314 valence electrons. The van der Waals surface area contributed by atoms with Gasteiger partial charge in [0.05, 0.1) is 5.69 Å². The fraction of sp³-hybridized carbons (Fsp3) is 0.0303. The lowest BCUT2D eigenvalue weighted by molar-refractivity contribution is 0.714. The van der Waals surface area contributed by atoms with Gasteiger partial charge < -0.3 is 4.90 Å². The first-order valence-electron chi connectivity index (χ1n) is 23.3. The van der Waals surface area contributed by atoms with Gasteiger partial charge >= 0.3 is 0 Å². The molecule has 1 atom stereocenters. The number of anilines is 3. The topological polar surface area (TPSA) is 3.24 Å². The average molecular weight is 852 g/mol. The second-order valence-electron chi connectivity index (χ2n) is 18.1. The van der Waals surface area contributed by atoms with Crippen molar-refractivity contribution in [1.82, 2.24) is 0 Å². The van der Waals surface area contributed by atoms with Crippen molar-refractivity contribution in [2.45, 2.75) is 12.3 Å². The number of fused-ring (bicyclic) bond motifs is 6. The van der Waals surface area contributed by atoms with Gasteiger partial charge in [-0.1, -0.05) is 206 Å². The van der Waals surface area contributed by atoms with E-state index in [-0.39, 0.29) is 5.41 Å². The summed E-state index contributed by atoms with van der Waals surface area (Å²) in [6, 6.07) is 94.1. The molecule has 2 aliphatic carbocycles. The summed E-state index contributed by atoms with van der Waals surface area (Å²) in [5, 5.41) is 2.63. The fourth-order valence-electron chi connectivity index (χ4n) is 11.3. The smallest absolute Gasteiger partial charge is 0.0543 e. The molecule has 0 heterocycles. The van der Waals surface area contributed by atoms with Gasteiger partial charge in [0.15, 0.2) is 0 Å². The summed E-state index contributed by atoms with van der Waals surface area (Å²) in [6.45, 7) is 2.40. The van der Waals surface area contributed by atoms with Gasteiger partial charge in [-0.25, -0.2) is 0 Å². The van der Waals surface area contributed by atoms with Gasteiger partial charge in [-0.05, 0) is 155 Å². The lowest BCUT2D eigenvalue weighted by Gasteiger charge is -2.31. The van der Waals surface area contributed by atoms with Crippen LogP contribution in [0.2, 0.25) is 0 Å². The van der Waals surface area contributed by atoms with Crippen LogP contribution in [0.1, 0.15) is 23.6 Å². The van der Waals surface area contributed by atoms with Crippen molar-refractivity contribution >= 4 is 27.8 Å². The summed E-state index contributed by atoms with van der Waals surface area (Å²) in [6.07, 6.45) is 0. The van der Waals surface area contributed by atoms with E-state index in [1.807, 2.05) is 0 Å². The Balaban J connectivity index is 0.998. The number of hydrogen-bond acceptors (Lipinski definition) is 1. The molecule has 2 aliphatic rings. The number of nitrogens with zero attached hydrogens (tertiary/aromatic N) is 1. The largest absolute Gasteiger partial charge is 0.310 e. The van der Waals surface area contributed by atoms with E-state index >= 15 is 0 Å². The van der Waals surface area contributed by atoms with Crippen molar-refractivity contribution in [2.75, 3.05) is 4.90 Å². The van der Waals surface area contributed by atoms with Crippen molar-refractivity contribution in [3.05, 3.63) is 271 Å². The lowest BCUT2D eigenvalue weighted by atomic mass is 9.74. The number of hydrogen-bond donors (Lipinski definition) is 0. The molecule has 0 bridgehead atoms. The van der Waals surface area contributed by atoms with Crippen LogP contribution >= 0.6 is 0 Å². The molecule has 13 rings (SSSR count). The standard InChI is InChI=1S/C66H45N/c1-66(51-23-9-4-10-24-51)61-31-14-13-28-60(61)65-62(66)32-17-33-63(65)67(52-36-34-46(35-37-52)54-38-39-59-56-27-12-11-26-55(56)58-30-16-29-57(54)64(58)59)53-25-15-22-47(43-53)50-41-48(44-18-5-2-6-19-44)40-49(42-50)45-20-7-3-8-21-45/h2-43H,1H3. The van der Waals surface area contributed by atoms with Crippen LogP contribution in [0.3, 0.4) is 0 Å². The molecule has 11 aromatic rings. The van der Waals surface area contributed by atoms with Crippen LogP contribution in [0.25, 0.3) is 88.7 Å². The van der Waals surface area contributed by atoms with E-state index in [9.17, 15) is 0 Å². The Kier molecular flexibility index (Phi) is 9.05. The van der Waals surface area contributed by atoms with Crippen LogP contribution in [-0.2, 0) is 5.41 Å². The minimum absolute atomic E-state index is 0.332. The van der Waals surface area contributed by atoms with E-state index < -0.39 is 0 Å². The Bertz CT molecular complexity index is 3600. The second kappa shape index (κ2) is 15.6. The minimum Gasteiger partial charge on any atom is -0.310 e. The quantitative estimate of drug-likeness (QED) is 0.147. The summed E-state index contributed by atoms with van der Waals surface area (Å²) in [5.41, 5.74) is 24.3. The maximum Gasteiger partial charge on any atom is 0.0543 e. The van der Waals surface area contributed by atoms with Gasteiger partial charge in [0.2, 0.25) is 0 Å². The minimum atomic E-state index is -0.332. The van der Waals surface area contributed by atoms with E-state index in [1.165, 1.54) is 99.8 Å². The maximum absolute atomic E-state index is 2.49. The van der Waals surface area contributed by atoms with E-state index in [0.717, 1.165) is 22.6 Å². The zero-order chi connectivity index (χ0) is 44.5. The first-order valence-corrected chi connectivity index (χ1v) is 23.3. The highest BCUT2D eigenvalue weighted by Gasteiger charge is 2.42. The van der Waals surface area contributed by atoms with Gasteiger partial charge in [-0.3, -0.25) is 0 Å². The first-order chi connectivity index (χ1) is 33.1. The molecule has 0 aliphatic heterocycles. The summed E-state index contributed by atoms with van der Waals surface area (Å²) in [7, 11) is 0. The molecule has 0 fully saturated rings. The third-order valence-corrected chi connectivity index (χ3v) is 14.5. The highest BCUT2D eigenvalue weighted by Crippen LogP contribution is 2.57. The third-order valence-electron chi connectivity index (χ3n) is 14.5. The molecule has 0 saturated carbocycles. The van der Waals surface area contributed by atoms with Gasteiger partial charge in [-0.15, -0.1) is 0 Å². The fourth-order valence-corrected chi connectivity index (χ4v) is 11.3. The van der Waals surface area contributed by atoms with Crippen LogP contribution in [0.4, 0.5) is 17.1 Å². The monoisotopic (exact) mass is 851 g/mol. The molecule has 1 unspecified atom stereocenters. The van der Waals surface area contributed by atoms with Crippen molar-refractivity contribution < 1.29 is 0 Å². The highest BCUT2D eigenvalue weighted by atomic mass is 15.1. The molecule has 0 aromatic heterocycles. The Labute approximate surface area is 392 Å². The Morgan fingerprint density at radius 3 is 1.49 bits per heavy atom.